The van der Waals surface area contributed by atoms with E-state index in [1.165, 1.54) is 10.4 Å². The van der Waals surface area contributed by atoms with Crippen molar-refractivity contribution >= 4 is 27.5 Å². The maximum Gasteiger partial charge on any atom is 0.246 e. The first-order chi connectivity index (χ1) is 14.6. The van der Waals surface area contributed by atoms with E-state index in [0.717, 1.165) is 6.42 Å². The molecule has 1 atom stereocenters. The van der Waals surface area contributed by atoms with Crippen molar-refractivity contribution in [1.29, 1.82) is 0 Å². The average Bonchev–Trinajstić information content (AvgIpc) is 2.75. The molecule has 1 unspecified atom stereocenters. The van der Waals surface area contributed by atoms with Gasteiger partial charge in [-0.05, 0) is 38.0 Å². The normalized spacial score (nSPS) is 17.1. The van der Waals surface area contributed by atoms with E-state index in [0.29, 0.717) is 44.9 Å². The number of carbonyl (C=O) groups is 2. The maximum atomic E-state index is 13.1. The fourth-order valence-electron chi connectivity index (χ4n) is 3.77. The molecular formula is C22H35N3O5S. The van der Waals surface area contributed by atoms with E-state index in [4.69, 9.17) is 4.74 Å². The van der Waals surface area contributed by atoms with E-state index in [2.05, 4.69) is 5.32 Å². The summed E-state index contributed by atoms with van der Waals surface area (Å²) in [5.74, 6) is -0.340. The summed E-state index contributed by atoms with van der Waals surface area (Å²) in [4.78, 5) is 27.0. The maximum absolute atomic E-state index is 13.1. The van der Waals surface area contributed by atoms with Crippen molar-refractivity contribution in [2.45, 2.75) is 52.4 Å². The molecule has 0 spiro atoms. The molecule has 0 radical (unpaired) electrons. The van der Waals surface area contributed by atoms with Crippen LogP contribution < -0.4 is 10.1 Å². The first kappa shape index (κ1) is 25.1. The van der Waals surface area contributed by atoms with Gasteiger partial charge in [0, 0.05) is 37.8 Å². The van der Waals surface area contributed by atoms with Gasteiger partial charge in [0.1, 0.15) is 10.6 Å². The summed E-state index contributed by atoms with van der Waals surface area (Å²) in [5, 5.41) is 2.84. The van der Waals surface area contributed by atoms with Crippen molar-refractivity contribution in [2.75, 3.05) is 38.1 Å². The minimum atomic E-state index is -3.76. The van der Waals surface area contributed by atoms with E-state index < -0.39 is 10.0 Å². The van der Waals surface area contributed by atoms with Crippen LogP contribution in [-0.4, -0.2) is 62.2 Å². The van der Waals surface area contributed by atoms with E-state index in [1.807, 2.05) is 13.8 Å². The second-order valence-corrected chi connectivity index (χ2v) is 9.86. The number of likely N-dealkylation sites (tertiary alicyclic amines) is 1. The third-order valence-corrected chi connectivity index (χ3v) is 7.50. The Kier molecular flexibility index (Phi) is 8.88. The second-order valence-electron chi connectivity index (χ2n) is 7.95. The Morgan fingerprint density at radius 2 is 1.90 bits per heavy atom. The quantitative estimate of drug-likeness (QED) is 0.620. The fraction of sp³-hybridized carbons (Fsp3) is 0.636. The number of anilines is 1. The topological polar surface area (TPSA) is 96.0 Å². The molecule has 0 aliphatic carbocycles. The standard InChI is InChI=1S/C22H35N3O5S/c1-6-25(7-2)31(28,29)20-14-18(11-12-19(20)30-8-3)23-21(26)17-10-9-13-24(15-17)22(27)16(4)5/h11-12,14,16-17H,6-10,13,15H2,1-5H3,(H,23,26). The molecule has 1 aromatic rings. The lowest BCUT2D eigenvalue weighted by atomic mass is 9.96. The molecule has 1 aliphatic rings. The van der Waals surface area contributed by atoms with Crippen LogP contribution in [0.3, 0.4) is 0 Å². The molecule has 8 nitrogen and oxygen atoms in total. The van der Waals surface area contributed by atoms with Crippen LogP contribution in [0.25, 0.3) is 0 Å². The highest BCUT2D eigenvalue weighted by Gasteiger charge is 2.30. The van der Waals surface area contributed by atoms with Crippen molar-refractivity contribution in [3.63, 3.8) is 0 Å². The van der Waals surface area contributed by atoms with Crippen molar-refractivity contribution in [1.82, 2.24) is 9.21 Å². The summed E-state index contributed by atoms with van der Waals surface area (Å²) >= 11 is 0. The predicted molar refractivity (Wildman–Crippen MR) is 120 cm³/mol. The van der Waals surface area contributed by atoms with Gasteiger partial charge in [-0.2, -0.15) is 4.31 Å². The molecule has 1 aromatic carbocycles. The molecular weight excluding hydrogens is 418 g/mol. The van der Waals surface area contributed by atoms with Crippen LogP contribution in [0.2, 0.25) is 0 Å². The van der Waals surface area contributed by atoms with Crippen LogP contribution >= 0.6 is 0 Å². The molecule has 2 amide bonds. The van der Waals surface area contributed by atoms with E-state index in [1.54, 1.807) is 37.8 Å². The number of rotatable bonds is 9. The molecule has 31 heavy (non-hydrogen) atoms. The van der Waals surface area contributed by atoms with Crippen LogP contribution in [0.5, 0.6) is 5.75 Å². The predicted octanol–water partition coefficient (Wildman–Crippen LogP) is 2.95. The number of piperidine rings is 1. The summed E-state index contributed by atoms with van der Waals surface area (Å²) in [6, 6.07) is 4.67. The molecule has 1 N–H and O–H groups in total. The summed E-state index contributed by atoms with van der Waals surface area (Å²) in [5.41, 5.74) is 0.395. The fourth-order valence-corrected chi connectivity index (χ4v) is 5.38. The van der Waals surface area contributed by atoms with Gasteiger partial charge in [0.05, 0.1) is 12.5 Å². The number of hydrogen-bond acceptors (Lipinski definition) is 5. The Hall–Kier alpha value is -2.13. The van der Waals surface area contributed by atoms with Gasteiger partial charge in [-0.15, -0.1) is 0 Å². The Bertz CT molecular complexity index is 881. The molecule has 174 valence electrons. The Labute approximate surface area is 186 Å². The third kappa shape index (κ3) is 5.98. The summed E-state index contributed by atoms with van der Waals surface area (Å²) < 4.78 is 33.1. The first-order valence-corrected chi connectivity index (χ1v) is 12.5. The SMILES string of the molecule is CCOc1ccc(NC(=O)C2CCCN(C(=O)C(C)C)C2)cc1S(=O)(=O)N(CC)CC. The zero-order chi connectivity index (χ0) is 23.2. The van der Waals surface area contributed by atoms with Crippen LogP contribution in [0.15, 0.2) is 23.1 Å². The van der Waals surface area contributed by atoms with Crippen LogP contribution in [0.1, 0.15) is 47.5 Å². The second kappa shape index (κ2) is 10.9. The van der Waals surface area contributed by atoms with Gasteiger partial charge in [-0.1, -0.05) is 27.7 Å². The number of hydrogen-bond donors (Lipinski definition) is 1. The van der Waals surface area contributed by atoms with Crippen LogP contribution in [0.4, 0.5) is 5.69 Å². The number of nitrogens with one attached hydrogen (secondary N) is 1. The molecule has 0 saturated carbocycles. The number of benzene rings is 1. The zero-order valence-electron chi connectivity index (χ0n) is 19.2. The van der Waals surface area contributed by atoms with Crippen molar-refractivity contribution in [2.24, 2.45) is 11.8 Å². The highest BCUT2D eigenvalue weighted by Crippen LogP contribution is 2.30. The van der Waals surface area contributed by atoms with Gasteiger partial charge >= 0.3 is 0 Å². The lowest BCUT2D eigenvalue weighted by Gasteiger charge is -2.33. The van der Waals surface area contributed by atoms with Crippen molar-refractivity contribution < 1.29 is 22.7 Å². The lowest BCUT2D eigenvalue weighted by Crippen LogP contribution is -2.45. The van der Waals surface area contributed by atoms with Gasteiger partial charge in [0.2, 0.25) is 21.8 Å². The Morgan fingerprint density at radius 3 is 2.48 bits per heavy atom. The molecule has 1 aliphatic heterocycles. The van der Waals surface area contributed by atoms with Crippen LogP contribution in [0, 0.1) is 11.8 Å². The molecule has 0 bridgehead atoms. The average molecular weight is 454 g/mol. The third-order valence-electron chi connectivity index (χ3n) is 5.43. The van der Waals surface area contributed by atoms with Crippen LogP contribution in [-0.2, 0) is 19.6 Å². The number of amides is 2. The Morgan fingerprint density at radius 1 is 1.23 bits per heavy atom. The lowest BCUT2D eigenvalue weighted by molar-refractivity contribution is -0.137. The first-order valence-electron chi connectivity index (χ1n) is 11.0. The molecule has 2 rings (SSSR count). The smallest absolute Gasteiger partial charge is 0.246 e. The van der Waals surface area contributed by atoms with Gasteiger partial charge in [0.15, 0.2) is 0 Å². The largest absolute Gasteiger partial charge is 0.492 e. The number of nitrogens with zero attached hydrogens (tertiary/aromatic N) is 2. The zero-order valence-corrected chi connectivity index (χ0v) is 20.0. The van der Waals surface area contributed by atoms with Crippen molar-refractivity contribution in [3.05, 3.63) is 18.2 Å². The molecule has 1 heterocycles. The molecule has 1 saturated heterocycles. The van der Waals surface area contributed by atoms with Gasteiger partial charge in [-0.25, -0.2) is 8.42 Å². The Balaban J connectivity index is 2.25. The van der Waals surface area contributed by atoms with Gasteiger partial charge in [-0.3, -0.25) is 9.59 Å². The molecule has 9 heteroatoms. The summed E-state index contributed by atoms with van der Waals surface area (Å²) in [6.07, 6.45) is 1.46. The minimum absolute atomic E-state index is 0.0381. The van der Waals surface area contributed by atoms with Gasteiger partial charge < -0.3 is 15.0 Å². The number of sulfonamides is 1. The van der Waals surface area contributed by atoms with Crippen molar-refractivity contribution in [3.8, 4) is 5.75 Å². The number of ether oxygens (including phenoxy) is 1. The summed E-state index contributed by atoms with van der Waals surface area (Å²) in [6.45, 7) is 11.1. The number of carbonyl (C=O) groups excluding carboxylic acids is 2. The highest BCUT2D eigenvalue weighted by atomic mass is 32.2. The minimum Gasteiger partial charge on any atom is -0.492 e. The molecule has 1 fully saturated rings. The van der Waals surface area contributed by atoms with E-state index >= 15 is 0 Å². The monoisotopic (exact) mass is 453 g/mol. The van der Waals surface area contributed by atoms with E-state index in [-0.39, 0.29) is 34.3 Å². The van der Waals surface area contributed by atoms with E-state index in [9.17, 15) is 18.0 Å². The van der Waals surface area contributed by atoms with Gasteiger partial charge in [0.25, 0.3) is 0 Å². The summed E-state index contributed by atoms with van der Waals surface area (Å²) in [7, 11) is -3.76. The highest BCUT2D eigenvalue weighted by molar-refractivity contribution is 7.89. The molecule has 0 aromatic heterocycles.